The van der Waals surface area contributed by atoms with Crippen molar-refractivity contribution < 1.29 is 4.92 Å². The standard InChI is InChI=1S/C11H15N7O2/c1-12-11-14-7-9(18(19)20)10(15-11)13-5-3-8-4-6-17(2)16-8/h4,6-7H,3,5H2,1-2H3,(H2,12,13,14,15). The zero-order valence-corrected chi connectivity index (χ0v) is 11.2. The number of aromatic nitrogens is 4. The largest absolute Gasteiger partial charge is 0.364 e. The molecule has 2 aromatic rings. The molecule has 0 saturated carbocycles. The maximum absolute atomic E-state index is 10.9. The first-order valence-corrected chi connectivity index (χ1v) is 6.01. The number of anilines is 2. The van der Waals surface area contributed by atoms with Crippen LogP contribution in [0.4, 0.5) is 17.5 Å². The summed E-state index contributed by atoms with van der Waals surface area (Å²) in [5.74, 6) is 0.529. The highest BCUT2D eigenvalue weighted by molar-refractivity contribution is 5.56. The predicted molar refractivity (Wildman–Crippen MR) is 73.6 cm³/mol. The van der Waals surface area contributed by atoms with Gasteiger partial charge in [-0.15, -0.1) is 0 Å². The van der Waals surface area contributed by atoms with E-state index in [1.54, 1.807) is 11.7 Å². The molecule has 2 aromatic heterocycles. The fourth-order valence-corrected chi connectivity index (χ4v) is 1.67. The summed E-state index contributed by atoms with van der Waals surface area (Å²) in [5, 5.41) is 20.8. The van der Waals surface area contributed by atoms with E-state index in [4.69, 9.17) is 0 Å². The number of nitro groups is 1. The Morgan fingerprint density at radius 1 is 1.50 bits per heavy atom. The van der Waals surface area contributed by atoms with Crippen LogP contribution in [-0.2, 0) is 13.5 Å². The Kier molecular flexibility index (Phi) is 4.08. The van der Waals surface area contributed by atoms with Crippen molar-refractivity contribution in [3.63, 3.8) is 0 Å². The second kappa shape index (κ2) is 5.95. The molecule has 0 atom stereocenters. The van der Waals surface area contributed by atoms with Crippen molar-refractivity contribution in [1.82, 2.24) is 19.7 Å². The summed E-state index contributed by atoms with van der Waals surface area (Å²) in [5.41, 5.74) is 0.760. The van der Waals surface area contributed by atoms with Gasteiger partial charge in [-0.2, -0.15) is 10.1 Å². The number of hydrogen-bond acceptors (Lipinski definition) is 7. The molecule has 9 nitrogen and oxygen atoms in total. The van der Waals surface area contributed by atoms with Crippen LogP contribution in [0.1, 0.15) is 5.69 Å². The third kappa shape index (κ3) is 3.19. The lowest BCUT2D eigenvalue weighted by Crippen LogP contribution is -2.10. The van der Waals surface area contributed by atoms with E-state index >= 15 is 0 Å². The van der Waals surface area contributed by atoms with Gasteiger partial charge < -0.3 is 10.6 Å². The van der Waals surface area contributed by atoms with Crippen molar-refractivity contribution in [2.45, 2.75) is 6.42 Å². The SMILES string of the molecule is CNc1ncc([N+](=O)[O-])c(NCCc2ccn(C)n2)n1. The third-order valence-electron chi connectivity index (χ3n) is 2.63. The molecular weight excluding hydrogens is 262 g/mol. The number of rotatable bonds is 6. The first kappa shape index (κ1) is 13.7. The van der Waals surface area contributed by atoms with Gasteiger partial charge in [0.05, 0.1) is 10.6 Å². The van der Waals surface area contributed by atoms with Crippen molar-refractivity contribution in [3.05, 3.63) is 34.3 Å². The van der Waals surface area contributed by atoms with Crippen LogP contribution in [0.15, 0.2) is 18.5 Å². The van der Waals surface area contributed by atoms with E-state index in [1.165, 1.54) is 6.20 Å². The van der Waals surface area contributed by atoms with Gasteiger partial charge >= 0.3 is 5.69 Å². The topological polar surface area (TPSA) is 111 Å². The van der Waals surface area contributed by atoms with Gasteiger partial charge in [-0.3, -0.25) is 14.8 Å². The molecule has 0 aromatic carbocycles. The van der Waals surface area contributed by atoms with E-state index in [0.29, 0.717) is 18.9 Å². The van der Waals surface area contributed by atoms with Crippen LogP contribution in [0.5, 0.6) is 0 Å². The van der Waals surface area contributed by atoms with Crippen LogP contribution in [0.3, 0.4) is 0 Å². The Morgan fingerprint density at radius 3 is 2.90 bits per heavy atom. The van der Waals surface area contributed by atoms with Crippen LogP contribution in [0, 0.1) is 10.1 Å². The van der Waals surface area contributed by atoms with Crippen molar-refractivity contribution >= 4 is 17.5 Å². The van der Waals surface area contributed by atoms with E-state index in [1.807, 2.05) is 19.3 Å². The lowest BCUT2D eigenvalue weighted by Gasteiger charge is -2.06. The molecule has 0 aliphatic carbocycles. The van der Waals surface area contributed by atoms with Crippen LogP contribution in [0.2, 0.25) is 0 Å². The summed E-state index contributed by atoms with van der Waals surface area (Å²) in [4.78, 5) is 18.3. The summed E-state index contributed by atoms with van der Waals surface area (Å²) in [6, 6.07) is 1.90. The molecule has 20 heavy (non-hydrogen) atoms. The molecule has 106 valence electrons. The number of aryl methyl sites for hydroxylation is 1. The van der Waals surface area contributed by atoms with Gasteiger partial charge in [0.15, 0.2) is 0 Å². The molecule has 0 saturated heterocycles. The van der Waals surface area contributed by atoms with Gasteiger partial charge in [-0.05, 0) is 6.07 Å². The van der Waals surface area contributed by atoms with E-state index in [9.17, 15) is 10.1 Å². The maximum atomic E-state index is 10.9. The van der Waals surface area contributed by atoms with Gasteiger partial charge in [-0.25, -0.2) is 4.98 Å². The average molecular weight is 277 g/mol. The second-order valence-electron chi connectivity index (χ2n) is 4.09. The molecule has 9 heteroatoms. The summed E-state index contributed by atoms with van der Waals surface area (Å²) in [6.45, 7) is 0.498. The third-order valence-corrected chi connectivity index (χ3v) is 2.63. The van der Waals surface area contributed by atoms with Gasteiger partial charge in [0.25, 0.3) is 0 Å². The number of hydrogen-bond donors (Lipinski definition) is 2. The molecule has 0 radical (unpaired) electrons. The molecule has 2 N–H and O–H groups in total. The Morgan fingerprint density at radius 2 is 2.30 bits per heavy atom. The molecule has 0 aliphatic heterocycles. The Hall–Kier alpha value is -2.71. The van der Waals surface area contributed by atoms with Crippen LogP contribution in [-0.4, -0.2) is 38.3 Å². The Balaban J connectivity index is 2.05. The summed E-state index contributed by atoms with van der Waals surface area (Å²) < 4.78 is 1.71. The molecule has 0 fully saturated rings. The smallest absolute Gasteiger partial charge is 0.329 e. The normalized spacial score (nSPS) is 10.3. The molecule has 0 bridgehead atoms. The van der Waals surface area contributed by atoms with Crippen molar-refractivity contribution in [1.29, 1.82) is 0 Å². The summed E-state index contributed by atoms with van der Waals surface area (Å²) >= 11 is 0. The second-order valence-corrected chi connectivity index (χ2v) is 4.09. The minimum absolute atomic E-state index is 0.148. The highest BCUT2D eigenvalue weighted by Crippen LogP contribution is 2.21. The van der Waals surface area contributed by atoms with Crippen LogP contribution < -0.4 is 10.6 Å². The van der Waals surface area contributed by atoms with Crippen LogP contribution in [0.25, 0.3) is 0 Å². The average Bonchev–Trinajstić information content (AvgIpc) is 2.84. The minimum atomic E-state index is -0.511. The van der Waals surface area contributed by atoms with Gasteiger partial charge in [0.2, 0.25) is 11.8 Å². The molecular formula is C11H15N7O2. The molecule has 0 spiro atoms. The molecule has 0 amide bonds. The maximum Gasteiger partial charge on any atom is 0.329 e. The van der Waals surface area contributed by atoms with Crippen molar-refractivity contribution in [2.75, 3.05) is 24.2 Å². The number of nitrogens with one attached hydrogen (secondary N) is 2. The Labute approximate surface area is 115 Å². The molecule has 2 heterocycles. The lowest BCUT2D eigenvalue weighted by atomic mass is 10.3. The highest BCUT2D eigenvalue weighted by Gasteiger charge is 2.16. The molecule has 0 aliphatic rings. The summed E-state index contributed by atoms with van der Waals surface area (Å²) in [6.07, 6.45) is 3.68. The number of nitrogens with zero attached hydrogens (tertiary/aromatic N) is 5. The molecule has 2 rings (SSSR count). The minimum Gasteiger partial charge on any atom is -0.364 e. The van der Waals surface area contributed by atoms with Crippen molar-refractivity contribution in [2.24, 2.45) is 7.05 Å². The Bertz CT molecular complexity index is 611. The molecule has 0 unspecified atom stereocenters. The van der Waals surface area contributed by atoms with E-state index < -0.39 is 4.92 Å². The van der Waals surface area contributed by atoms with Crippen molar-refractivity contribution in [3.8, 4) is 0 Å². The van der Waals surface area contributed by atoms with Gasteiger partial charge in [0, 0.05) is 33.3 Å². The highest BCUT2D eigenvalue weighted by atomic mass is 16.6. The van der Waals surface area contributed by atoms with E-state index in [-0.39, 0.29) is 11.5 Å². The first-order valence-electron chi connectivity index (χ1n) is 6.01. The first-order chi connectivity index (χ1) is 9.60. The fourth-order valence-electron chi connectivity index (χ4n) is 1.67. The predicted octanol–water partition coefficient (Wildman–Crippen LogP) is 0.815. The van der Waals surface area contributed by atoms with E-state index in [0.717, 1.165) is 5.69 Å². The zero-order chi connectivity index (χ0) is 14.5. The van der Waals surface area contributed by atoms with E-state index in [2.05, 4.69) is 25.7 Å². The monoisotopic (exact) mass is 277 g/mol. The quantitative estimate of drug-likeness (QED) is 0.593. The zero-order valence-electron chi connectivity index (χ0n) is 11.2. The van der Waals surface area contributed by atoms with Gasteiger partial charge in [0.1, 0.15) is 6.20 Å². The van der Waals surface area contributed by atoms with Gasteiger partial charge in [-0.1, -0.05) is 0 Å². The fraction of sp³-hybridized carbons (Fsp3) is 0.364. The lowest BCUT2D eigenvalue weighted by molar-refractivity contribution is -0.384. The van der Waals surface area contributed by atoms with Crippen LogP contribution >= 0.6 is 0 Å². The summed E-state index contributed by atoms with van der Waals surface area (Å²) in [7, 11) is 3.49.